The smallest absolute Gasteiger partial charge is 0.326 e. The van der Waals surface area contributed by atoms with Gasteiger partial charge >= 0.3 is 5.97 Å². The van der Waals surface area contributed by atoms with Crippen LogP contribution in [0.15, 0.2) is 30.3 Å². The van der Waals surface area contributed by atoms with Gasteiger partial charge in [0.25, 0.3) is 0 Å². The molecule has 0 bridgehead atoms. The van der Waals surface area contributed by atoms with Gasteiger partial charge in [0.15, 0.2) is 0 Å². The second-order valence-electron chi connectivity index (χ2n) is 7.48. The van der Waals surface area contributed by atoms with Crippen molar-refractivity contribution in [3.63, 3.8) is 0 Å². The molecule has 0 aromatic heterocycles. The van der Waals surface area contributed by atoms with Gasteiger partial charge in [0.2, 0.25) is 17.7 Å². The van der Waals surface area contributed by atoms with Crippen molar-refractivity contribution < 1.29 is 29.4 Å². The third kappa shape index (κ3) is 8.35. The second-order valence-corrected chi connectivity index (χ2v) is 7.48. The first kappa shape index (κ1) is 26.1. The summed E-state index contributed by atoms with van der Waals surface area (Å²) in [6, 6.07) is 4.74. The molecule has 1 aromatic rings. The summed E-state index contributed by atoms with van der Waals surface area (Å²) >= 11 is 0. The molecule has 0 saturated heterocycles. The van der Waals surface area contributed by atoms with Crippen molar-refractivity contribution in [2.24, 2.45) is 11.7 Å². The highest BCUT2D eigenvalue weighted by Gasteiger charge is 2.30. The highest BCUT2D eigenvalue weighted by atomic mass is 16.4. The molecule has 0 heterocycles. The maximum absolute atomic E-state index is 12.4. The van der Waals surface area contributed by atoms with Crippen LogP contribution in [0.4, 0.5) is 0 Å². The molecule has 1 rings (SSSR count). The molecule has 7 N–H and O–H groups in total. The Kier molecular flexibility index (Phi) is 10.6. The lowest BCUT2D eigenvalue weighted by atomic mass is 9.99. The maximum Gasteiger partial charge on any atom is 0.326 e. The number of nitrogens with two attached hydrogens (primary N) is 1. The van der Waals surface area contributed by atoms with Crippen LogP contribution in [-0.4, -0.2) is 64.7 Å². The average Bonchev–Trinajstić information content (AvgIpc) is 2.75. The number of carboxylic acids is 1. The van der Waals surface area contributed by atoms with Gasteiger partial charge in [-0.2, -0.15) is 0 Å². The van der Waals surface area contributed by atoms with E-state index in [2.05, 4.69) is 16.0 Å². The van der Waals surface area contributed by atoms with E-state index in [0.717, 1.165) is 5.56 Å². The van der Waals surface area contributed by atoms with Crippen LogP contribution < -0.4 is 21.7 Å². The fourth-order valence-electron chi connectivity index (χ4n) is 2.77. The molecule has 5 unspecified atom stereocenters. The Hall–Kier alpha value is -2.98. The molecule has 3 amide bonds. The van der Waals surface area contributed by atoms with Crippen molar-refractivity contribution in [2.45, 2.75) is 57.8 Å². The number of aliphatic carboxylic acids is 1. The third-order valence-electron chi connectivity index (χ3n) is 4.98. The van der Waals surface area contributed by atoms with Crippen molar-refractivity contribution in [2.75, 3.05) is 6.61 Å². The van der Waals surface area contributed by atoms with Crippen molar-refractivity contribution in [3.8, 4) is 0 Å². The number of benzene rings is 1. The van der Waals surface area contributed by atoms with E-state index in [4.69, 9.17) is 5.73 Å². The Morgan fingerprint density at radius 3 is 2.10 bits per heavy atom. The summed E-state index contributed by atoms with van der Waals surface area (Å²) in [5, 5.41) is 25.9. The lowest BCUT2D eigenvalue weighted by Crippen LogP contribution is -2.58. The number of carbonyl (C=O) groups excluding carboxylic acids is 3. The number of carboxylic acid groups (broad SMARTS) is 1. The molecule has 5 atom stereocenters. The SMILES string of the molecule is CCC(C)C(NC(=O)C(CO)NC(=O)C(C)NC(=O)C(N)Cc1ccccc1)C(=O)O. The van der Waals surface area contributed by atoms with E-state index in [-0.39, 0.29) is 12.3 Å². The minimum atomic E-state index is -1.37. The highest BCUT2D eigenvalue weighted by Crippen LogP contribution is 2.08. The summed E-state index contributed by atoms with van der Waals surface area (Å²) in [6.45, 7) is 4.12. The van der Waals surface area contributed by atoms with Crippen LogP contribution in [0.1, 0.15) is 32.8 Å². The average molecular weight is 437 g/mol. The predicted molar refractivity (Wildman–Crippen MR) is 114 cm³/mol. The standard InChI is InChI=1S/C21H32N4O6/c1-4-12(2)17(21(30)31)25-20(29)16(11-26)24-18(27)13(3)23-19(28)15(22)10-14-8-6-5-7-9-14/h5-9,12-13,15-17,26H,4,10-11,22H2,1-3H3,(H,23,28)(H,24,27)(H,25,29)(H,30,31). The molecule has 0 spiro atoms. The third-order valence-corrected chi connectivity index (χ3v) is 4.98. The van der Waals surface area contributed by atoms with Gasteiger partial charge in [-0.25, -0.2) is 4.79 Å². The fourth-order valence-corrected chi connectivity index (χ4v) is 2.77. The highest BCUT2D eigenvalue weighted by molar-refractivity contribution is 5.94. The van der Waals surface area contributed by atoms with Crippen LogP contribution in [0.2, 0.25) is 0 Å². The summed E-state index contributed by atoms with van der Waals surface area (Å²) < 4.78 is 0. The van der Waals surface area contributed by atoms with Crippen LogP contribution >= 0.6 is 0 Å². The molecule has 0 aliphatic rings. The van der Waals surface area contributed by atoms with Crippen molar-refractivity contribution >= 4 is 23.7 Å². The number of aliphatic hydroxyl groups is 1. The van der Waals surface area contributed by atoms with Crippen molar-refractivity contribution in [1.82, 2.24) is 16.0 Å². The Balaban J connectivity index is 2.64. The molecule has 10 nitrogen and oxygen atoms in total. The van der Waals surface area contributed by atoms with Crippen molar-refractivity contribution in [3.05, 3.63) is 35.9 Å². The lowest BCUT2D eigenvalue weighted by Gasteiger charge is -2.24. The summed E-state index contributed by atoms with van der Waals surface area (Å²) in [5.41, 5.74) is 6.76. The number of hydrogen-bond acceptors (Lipinski definition) is 6. The molecular formula is C21H32N4O6. The normalized spacial score (nSPS) is 15.6. The van der Waals surface area contributed by atoms with E-state index in [0.29, 0.717) is 6.42 Å². The van der Waals surface area contributed by atoms with E-state index in [1.807, 2.05) is 30.3 Å². The minimum Gasteiger partial charge on any atom is -0.480 e. The quantitative estimate of drug-likeness (QED) is 0.248. The van der Waals surface area contributed by atoms with Gasteiger partial charge in [0.05, 0.1) is 12.6 Å². The van der Waals surface area contributed by atoms with Gasteiger partial charge in [-0.15, -0.1) is 0 Å². The predicted octanol–water partition coefficient (Wildman–Crippen LogP) is -0.846. The minimum absolute atomic E-state index is 0.287. The molecular weight excluding hydrogens is 404 g/mol. The number of rotatable bonds is 12. The van der Waals surface area contributed by atoms with Gasteiger partial charge in [-0.05, 0) is 24.8 Å². The Labute approximate surface area is 181 Å². The summed E-state index contributed by atoms with van der Waals surface area (Å²) in [6.07, 6.45) is 0.800. The van der Waals surface area contributed by atoms with Gasteiger partial charge < -0.3 is 31.9 Å². The molecule has 0 fully saturated rings. The molecule has 10 heteroatoms. The summed E-state index contributed by atoms with van der Waals surface area (Å²) in [4.78, 5) is 48.4. The maximum atomic E-state index is 12.4. The number of nitrogens with one attached hydrogen (secondary N) is 3. The first-order valence-electron chi connectivity index (χ1n) is 10.1. The van der Waals surface area contributed by atoms with Crippen LogP contribution in [0.3, 0.4) is 0 Å². The van der Waals surface area contributed by atoms with Crippen LogP contribution in [0.5, 0.6) is 0 Å². The Morgan fingerprint density at radius 1 is 0.968 bits per heavy atom. The topological polar surface area (TPSA) is 171 Å². The first-order chi connectivity index (χ1) is 14.6. The molecule has 172 valence electrons. The lowest BCUT2D eigenvalue weighted by molar-refractivity contribution is -0.144. The van der Waals surface area contributed by atoms with Gasteiger partial charge in [-0.3, -0.25) is 14.4 Å². The van der Waals surface area contributed by atoms with E-state index in [9.17, 15) is 29.4 Å². The first-order valence-corrected chi connectivity index (χ1v) is 10.1. The Morgan fingerprint density at radius 2 is 1.58 bits per heavy atom. The monoisotopic (exact) mass is 436 g/mol. The van der Waals surface area contributed by atoms with Gasteiger partial charge in [0, 0.05) is 0 Å². The van der Waals surface area contributed by atoms with Crippen LogP contribution in [-0.2, 0) is 25.6 Å². The van der Waals surface area contributed by atoms with E-state index >= 15 is 0 Å². The number of hydrogen-bond donors (Lipinski definition) is 6. The number of amides is 3. The summed E-state index contributed by atoms with van der Waals surface area (Å²) in [7, 11) is 0. The van der Waals surface area contributed by atoms with E-state index < -0.39 is 54.5 Å². The zero-order valence-electron chi connectivity index (χ0n) is 18.0. The van der Waals surface area contributed by atoms with Gasteiger partial charge in [-0.1, -0.05) is 50.6 Å². The Bertz CT molecular complexity index is 757. The van der Waals surface area contributed by atoms with E-state index in [1.54, 1.807) is 13.8 Å². The van der Waals surface area contributed by atoms with Crippen LogP contribution in [0, 0.1) is 5.92 Å². The molecule has 0 radical (unpaired) electrons. The second kappa shape index (κ2) is 12.7. The molecule has 0 aliphatic heterocycles. The number of aliphatic hydroxyl groups excluding tert-OH is 1. The van der Waals surface area contributed by atoms with Gasteiger partial charge in [0.1, 0.15) is 18.1 Å². The molecule has 0 saturated carbocycles. The molecule has 31 heavy (non-hydrogen) atoms. The number of carbonyl (C=O) groups is 4. The zero-order valence-corrected chi connectivity index (χ0v) is 18.0. The van der Waals surface area contributed by atoms with Crippen LogP contribution in [0.25, 0.3) is 0 Å². The largest absolute Gasteiger partial charge is 0.480 e. The molecule has 1 aromatic carbocycles. The molecule has 0 aliphatic carbocycles. The fraction of sp³-hybridized carbons (Fsp3) is 0.524. The summed E-state index contributed by atoms with van der Waals surface area (Å²) in [5.74, 6) is -3.65. The zero-order chi connectivity index (χ0) is 23.6. The van der Waals surface area contributed by atoms with E-state index in [1.165, 1.54) is 6.92 Å². The van der Waals surface area contributed by atoms with Crippen molar-refractivity contribution in [1.29, 1.82) is 0 Å².